The van der Waals surface area contributed by atoms with Crippen LogP contribution in [0.25, 0.3) is 0 Å². The standard InChI is InChI=1S/C24H32FN3O4/c1-23(2,3)32-22(31)28-18-5-4-17(25)9-19(18)27-20(29)13-26-21(30)24-10-14-6-15(11-24)8-16(7-14)12-24/h4-5,9,14-16H,6-8,10-13H2,1-3H3,(H,26,30)(H,27,29)(H,28,31). The van der Waals surface area contributed by atoms with Crippen LogP contribution in [0.1, 0.15) is 59.3 Å². The van der Waals surface area contributed by atoms with E-state index in [9.17, 15) is 18.8 Å². The van der Waals surface area contributed by atoms with Crippen LogP contribution in [-0.2, 0) is 14.3 Å². The van der Waals surface area contributed by atoms with E-state index in [0.29, 0.717) is 17.8 Å². The molecule has 174 valence electrons. The van der Waals surface area contributed by atoms with Crippen LogP contribution in [0.5, 0.6) is 0 Å². The molecule has 0 saturated heterocycles. The average Bonchev–Trinajstić information content (AvgIpc) is 2.65. The minimum atomic E-state index is -0.713. The van der Waals surface area contributed by atoms with Crippen LogP contribution in [0.15, 0.2) is 18.2 Å². The molecule has 8 heteroatoms. The monoisotopic (exact) mass is 445 g/mol. The number of halogens is 1. The summed E-state index contributed by atoms with van der Waals surface area (Å²) in [7, 11) is 0. The quantitative estimate of drug-likeness (QED) is 0.624. The van der Waals surface area contributed by atoms with Gasteiger partial charge < -0.3 is 15.4 Å². The lowest BCUT2D eigenvalue weighted by Gasteiger charge is -2.55. The molecule has 4 saturated carbocycles. The Morgan fingerprint density at radius 2 is 1.59 bits per heavy atom. The molecule has 7 nitrogen and oxygen atoms in total. The average molecular weight is 446 g/mol. The molecule has 0 aromatic heterocycles. The lowest BCUT2D eigenvalue weighted by Crippen LogP contribution is -2.54. The minimum Gasteiger partial charge on any atom is -0.444 e. The van der Waals surface area contributed by atoms with Crippen molar-refractivity contribution in [1.29, 1.82) is 0 Å². The van der Waals surface area contributed by atoms with Gasteiger partial charge in [0, 0.05) is 5.41 Å². The highest BCUT2D eigenvalue weighted by atomic mass is 19.1. The number of hydrogen-bond acceptors (Lipinski definition) is 4. The molecule has 1 aromatic rings. The molecule has 0 heterocycles. The second-order valence-electron chi connectivity index (χ2n) is 10.7. The van der Waals surface area contributed by atoms with Gasteiger partial charge in [0.2, 0.25) is 11.8 Å². The first-order chi connectivity index (χ1) is 15.0. The normalized spacial score (nSPS) is 28.2. The van der Waals surface area contributed by atoms with E-state index in [1.54, 1.807) is 20.8 Å². The second kappa shape index (κ2) is 8.37. The molecular weight excluding hydrogens is 413 g/mol. The highest BCUT2D eigenvalue weighted by molar-refractivity contribution is 6.00. The van der Waals surface area contributed by atoms with Crippen LogP contribution < -0.4 is 16.0 Å². The van der Waals surface area contributed by atoms with Crippen LogP contribution in [-0.4, -0.2) is 30.1 Å². The van der Waals surface area contributed by atoms with Crippen molar-refractivity contribution in [1.82, 2.24) is 5.32 Å². The first kappa shape index (κ1) is 22.6. The Morgan fingerprint density at radius 1 is 1.00 bits per heavy atom. The Labute approximate surface area is 187 Å². The van der Waals surface area contributed by atoms with Gasteiger partial charge in [-0.3, -0.25) is 14.9 Å². The molecule has 0 aliphatic heterocycles. The molecule has 0 radical (unpaired) electrons. The molecule has 5 rings (SSSR count). The molecule has 4 aliphatic carbocycles. The van der Waals surface area contributed by atoms with Crippen LogP contribution in [0.4, 0.5) is 20.6 Å². The van der Waals surface area contributed by atoms with E-state index < -0.39 is 23.4 Å². The van der Waals surface area contributed by atoms with Crippen molar-refractivity contribution in [3.63, 3.8) is 0 Å². The summed E-state index contributed by atoms with van der Waals surface area (Å²) < 4.78 is 19.0. The van der Waals surface area contributed by atoms with Crippen LogP contribution in [0.2, 0.25) is 0 Å². The number of ether oxygens (including phenoxy) is 1. The van der Waals surface area contributed by atoms with E-state index in [-0.39, 0.29) is 29.2 Å². The van der Waals surface area contributed by atoms with Gasteiger partial charge in [-0.15, -0.1) is 0 Å². The molecule has 0 unspecified atom stereocenters. The third-order valence-corrected chi connectivity index (χ3v) is 6.82. The Kier molecular flexibility index (Phi) is 5.90. The van der Waals surface area contributed by atoms with E-state index in [2.05, 4.69) is 16.0 Å². The van der Waals surface area contributed by atoms with Crippen molar-refractivity contribution in [3.8, 4) is 0 Å². The number of hydrogen-bond donors (Lipinski definition) is 3. The van der Waals surface area contributed by atoms with E-state index in [1.807, 2.05) is 0 Å². The highest BCUT2D eigenvalue weighted by Gasteiger charge is 2.54. The van der Waals surface area contributed by atoms with Crippen molar-refractivity contribution in [2.75, 3.05) is 17.2 Å². The van der Waals surface area contributed by atoms with Gasteiger partial charge >= 0.3 is 6.09 Å². The van der Waals surface area contributed by atoms with Gasteiger partial charge in [-0.25, -0.2) is 9.18 Å². The number of amides is 3. The molecule has 4 aliphatic rings. The van der Waals surface area contributed by atoms with Crippen molar-refractivity contribution in [2.45, 2.75) is 64.9 Å². The van der Waals surface area contributed by atoms with Crippen molar-refractivity contribution in [3.05, 3.63) is 24.0 Å². The van der Waals surface area contributed by atoms with Crippen LogP contribution in [0.3, 0.4) is 0 Å². The largest absolute Gasteiger partial charge is 0.444 e. The Bertz CT molecular complexity index is 889. The molecule has 0 spiro atoms. The number of rotatable bonds is 5. The minimum absolute atomic E-state index is 0.0434. The van der Waals surface area contributed by atoms with Gasteiger partial charge in [-0.1, -0.05) is 0 Å². The zero-order chi connectivity index (χ0) is 23.1. The van der Waals surface area contributed by atoms with Gasteiger partial charge in [0.15, 0.2) is 0 Å². The van der Waals surface area contributed by atoms with Gasteiger partial charge in [-0.05, 0) is 95.2 Å². The Hall–Kier alpha value is -2.64. The number of benzene rings is 1. The summed E-state index contributed by atoms with van der Waals surface area (Å²) in [6.07, 6.45) is 5.75. The predicted octanol–water partition coefficient (Wildman–Crippen LogP) is 4.44. The summed E-state index contributed by atoms with van der Waals surface area (Å²) >= 11 is 0. The third-order valence-electron chi connectivity index (χ3n) is 6.82. The van der Waals surface area contributed by atoms with Crippen molar-refractivity contribution >= 4 is 29.3 Å². The SMILES string of the molecule is CC(C)(C)OC(=O)Nc1ccc(F)cc1NC(=O)CNC(=O)C12CC3CC(CC(C3)C1)C2. The molecule has 1 aromatic carbocycles. The topological polar surface area (TPSA) is 96.5 Å². The van der Waals surface area contributed by atoms with Gasteiger partial charge in [-0.2, -0.15) is 0 Å². The van der Waals surface area contributed by atoms with Gasteiger partial charge in [0.1, 0.15) is 11.4 Å². The summed E-state index contributed by atoms with van der Waals surface area (Å²) in [5.41, 5.74) is -0.724. The fourth-order valence-corrected chi connectivity index (χ4v) is 6.07. The Balaban J connectivity index is 1.35. The first-order valence-electron chi connectivity index (χ1n) is 11.4. The Morgan fingerprint density at radius 3 is 2.16 bits per heavy atom. The summed E-state index contributed by atoms with van der Waals surface area (Å²) in [6.45, 7) is 4.98. The second-order valence-corrected chi connectivity index (χ2v) is 10.7. The number of carbonyl (C=O) groups excluding carboxylic acids is 3. The van der Waals surface area contributed by atoms with Crippen molar-refractivity contribution in [2.24, 2.45) is 23.2 Å². The molecule has 4 bridgehead atoms. The fourth-order valence-electron chi connectivity index (χ4n) is 6.07. The molecule has 3 amide bonds. The highest BCUT2D eigenvalue weighted by Crippen LogP contribution is 2.60. The van der Waals surface area contributed by atoms with Crippen molar-refractivity contribution < 1.29 is 23.5 Å². The summed E-state index contributed by atoms with van der Waals surface area (Å²) in [5.74, 6) is 0.811. The first-order valence-corrected chi connectivity index (χ1v) is 11.4. The third kappa shape index (κ3) is 5.05. The van der Waals surface area contributed by atoms with Crippen LogP contribution in [0, 0.1) is 29.0 Å². The number of anilines is 2. The number of nitrogens with one attached hydrogen (secondary N) is 3. The zero-order valence-corrected chi connectivity index (χ0v) is 18.9. The smallest absolute Gasteiger partial charge is 0.412 e. The molecular formula is C24H32FN3O4. The predicted molar refractivity (Wildman–Crippen MR) is 119 cm³/mol. The summed E-state index contributed by atoms with van der Waals surface area (Å²) in [4.78, 5) is 37.6. The maximum atomic E-state index is 13.8. The molecule has 0 atom stereocenters. The molecule has 32 heavy (non-hydrogen) atoms. The zero-order valence-electron chi connectivity index (χ0n) is 18.9. The summed E-state index contributed by atoms with van der Waals surface area (Å²) in [5, 5.41) is 7.92. The lowest BCUT2D eigenvalue weighted by atomic mass is 9.49. The van der Waals surface area contributed by atoms with E-state index in [4.69, 9.17) is 4.74 Å². The van der Waals surface area contributed by atoms with E-state index in [0.717, 1.165) is 25.3 Å². The van der Waals surface area contributed by atoms with Crippen LogP contribution >= 0.6 is 0 Å². The van der Waals surface area contributed by atoms with Gasteiger partial charge in [0.05, 0.1) is 17.9 Å². The fraction of sp³-hybridized carbons (Fsp3) is 0.625. The van der Waals surface area contributed by atoms with Gasteiger partial charge in [0.25, 0.3) is 0 Å². The molecule has 4 fully saturated rings. The number of carbonyl (C=O) groups is 3. The van der Waals surface area contributed by atoms with E-state index >= 15 is 0 Å². The maximum absolute atomic E-state index is 13.8. The maximum Gasteiger partial charge on any atom is 0.412 e. The van der Waals surface area contributed by atoms with E-state index in [1.165, 1.54) is 31.4 Å². The lowest BCUT2D eigenvalue weighted by molar-refractivity contribution is -0.146. The molecule has 3 N–H and O–H groups in total. The summed E-state index contributed by atoms with van der Waals surface area (Å²) in [6, 6.07) is 3.64.